The van der Waals surface area contributed by atoms with E-state index in [-0.39, 0.29) is 5.91 Å². The van der Waals surface area contributed by atoms with Crippen molar-refractivity contribution in [2.45, 2.75) is 83.7 Å². The van der Waals surface area contributed by atoms with Gasteiger partial charge in [0.05, 0.1) is 0 Å². The van der Waals surface area contributed by atoms with Gasteiger partial charge in [-0.1, -0.05) is 39.0 Å². The minimum Gasteiger partial charge on any atom is -0.480 e. The molecule has 2 atom stereocenters. The van der Waals surface area contributed by atoms with E-state index in [4.69, 9.17) is 21.7 Å². The zero-order valence-electron chi connectivity index (χ0n) is 15.5. The highest BCUT2D eigenvalue weighted by molar-refractivity contribution is 5.83. The van der Waals surface area contributed by atoms with Gasteiger partial charge in [-0.15, -0.1) is 0 Å². The minimum atomic E-state index is -0.991. The minimum absolute atomic E-state index is 0.165. The molecule has 0 aliphatic rings. The van der Waals surface area contributed by atoms with Crippen molar-refractivity contribution < 1.29 is 24.6 Å². The highest BCUT2D eigenvalue weighted by Gasteiger charge is 2.13. The molecular weight excluding hydrogens is 326 g/mol. The van der Waals surface area contributed by atoms with Crippen molar-refractivity contribution in [3.8, 4) is 0 Å². The Morgan fingerprint density at radius 1 is 0.960 bits per heavy atom. The fraction of sp³-hybridized carbons (Fsp3) is 0.824. The van der Waals surface area contributed by atoms with Gasteiger partial charge in [0.25, 0.3) is 0 Å². The van der Waals surface area contributed by atoms with E-state index in [1.165, 1.54) is 19.8 Å². The second-order valence-electron chi connectivity index (χ2n) is 6.02. The molecule has 0 saturated heterocycles. The molecule has 8 heteroatoms. The van der Waals surface area contributed by atoms with Crippen molar-refractivity contribution in [2.24, 2.45) is 11.5 Å². The molecule has 0 spiro atoms. The first kappa shape index (κ1) is 25.6. The first-order valence-corrected chi connectivity index (χ1v) is 8.96. The van der Waals surface area contributed by atoms with Gasteiger partial charge in [0.15, 0.2) is 0 Å². The van der Waals surface area contributed by atoms with Gasteiger partial charge in [-0.2, -0.15) is 0 Å². The van der Waals surface area contributed by atoms with Crippen LogP contribution in [0.4, 0.5) is 0 Å². The summed E-state index contributed by atoms with van der Waals surface area (Å²) in [5, 5.41) is 19.3. The van der Waals surface area contributed by atoms with Crippen molar-refractivity contribution >= 4 is 17.8 Å². The summed E-state index contributed by atoms with van der Waals surface area (Å²) in [4.78, 5) is 31.8. The summed E-state index contributed by atoms with van der Waals surface area (Å²) in [6.07, 6.45) is 8.02. The summed E-state index contributed by atoms with van der Waals surface area (Å²) in [6, 6.07) is -1.50. The van der Waals surface area contributed by atoms with Gasteiger partial charge in [0.1, 0.15) is 12.1 Å². The summed E-state index contributed by atoms with van der Waals surface area (Å²) in [5.41, 5.74) is 10.4. The molecule has 1 unspecified atom stereocenters. The van der Waals surface area contributed by atoms with E-state index in [0.717, 1.165) is 32.1 Å². The third-order valence-corrected chi connectivity index (χ3v) is 3.54. The SMILES string of the molecule is CCCCCCCC(=O)NC(C)C(=O)O.NCCCC[C@H](N)C(=O)O. The monoisotopic (exact) mass is 361 g/mol. The normalized spacial score (nSPS) is 12.5. The number of hydrogen-bond acceptors (Lipinski definition) is 5. The van der Waals surface area contributed by atoms with Gasteiger partial charge in [0.2, 0.25) is 5.91 Å². The molecule has 0 aromatic rings. The third kappa shape index (κ3) is 18.5. The lowest BCUT2D eigenvalue weighted by molar-refractivity contribution is -0.141. The van der Waals surface area contributed by atoms with Crippen LogP contribution in [-0.4, -0.2) is 46.7 Å². The lowest BCUT2D eigenvalue weighted by Crippen LogP contribution is -2.38. The molecular formula is C17H35N3O5. The number of unbranched alkanes of at least 4 members (excludes halogenated alkanes) is 5. The molecule has 0 aromatic carbocycles. The van der Waals surface area contributed by atoms with Gasteiger partial charge in [0, 0.05) is 6.42 Å². The van der Waals surface area contributed by atoms with Crippen LogP contribution in [0.2, 0.25) is 0 Å². The topological polar surface area (TPSA) is 156 Å². The molecule has 0 rings (SSSR count). The molecule has 0 saturated carbocycles. The van der Waals surface area contributed by atoms with Gasteiger partial charge in [-0.25, -0.2) is 0 Å². The second kappa shape index (κ2) is 17.2. The molecule has 148 valence electrons. The lowest BCUT2D eigenvalue weighted by Gasteiger charge is -2.08. The second-order valence-corrected chi connectivity index (χ2v) is 6.02. The number of carboxylic acid groups (broad SMARTS) is 2. The Balaban J connectivity index is 0. The Morgan fingerprint density at radius 2 is 1.56 bits per heavy atom. The van der Waals surface area contributed by atoms with Crippen molar-refractivity contribution in [3.05, 3.63) is 0 Å². The van der Waals surface area contributed by atoms with E-state index in [9.17, 15) is 14.4 Å². The average molecular weight is 361 g/mol. The smallest absolute Gasteiger partial charge is 0.325 e. The number of rotatable bonds is 13. The zero-order valence-corrected chi connectivity index (χ0v) is 15.5. The summed E-state index contributed by atoms with van der Waals surface area (Å²) in [6.45, 7) is 4.21. The maximum absolute atomic E-state index is 11.2. The number of nitrogens with two attached hydrogens (primary N) is 2. The van der Waals surface area contributed by atoms with Crippen LogP contribution in [0.3, 0.4) is 0 Å². The first-order valence-electron chi connectivity index (χ1n) is 8.96. The van der Waals surface area contributed by atoms with Crippen molar-refractivity contribution in [3.63, 3.8) is 0 Å². The number of nitrogens with one attached hydrogen (secondary N) is 1. The van der Waals surface area contributed by atoms with Gasteiger partial charge < -0.3 is 27.0 Å². The largest absolute Gasteiger partial charge is 0.480 e. The lowest BCUT2D eigenvalue weighted by atomic mass is 10.1. The van der Waals surface area contributed by atoms with Gasteiger partial charge in [-0.3, -0.25) is 14.4 Å². The van der Waals surface area contributed by atoms with E-state index < -0.39 is 24.0 Å². The predicted octanol–water partition coefficient (Wildman–Crippen LogP) is 1.46. The van der Waals surface area contributed by atoms with E-state index in [2.05, 4.69) is 12.2 Å². The number of carbonyl (C=O) groups is 3. The fourth-order valence-electron chi connectivity index (χ4n) is 1.90. The Bertz CT molecular complexity index is 377. The summed E-state index contributed by atoms with van der Waals surface area (Å²) in [5.74, 6) is -2.09. The van der Waals surface area contributed by atoms with Crippen LogP contribution in [0.15, 0.2) is 0 Å². The van der Waals surface area contributed by atoms with Crippen LogP contribution < -0.4 is 16.8 Å². The Morgan fingerprint density at radius 3 is 2.04 bits per heavy atom. The van der Waals surface area contributed by atoms with Crippen molar-refractivity contribution in [1.29, 1.82) is 0 Å². The first-order chi connectivity index (χ1) is 11.8. The Labute approximate surface area is 150 Å². The van der Waals surface area contributed by atoms with Crippen LogP contribution in [-0.2, 0) is 14.4 Å². The van der Waals surface area contributed by atoms with Crippen molar-refractivity contribution in [2.75, 3.05) is 6.54 Å². The zero-order chi connectivity index (χ0) is 19.7. The van der Waals surface area contributed by atoms with E-state index in [0.29, 0.717) is 19.4 Å². The quantitative estimate of drug-likeness (QED) is 0.311. The van der Waals surface area contributed by atoms with Crippen LogP contribution in [0.1, 0.15) is 71.6 Å². The molecule has 0 aliphatic carbocycles. The maximum atomic E-state index is 11.2. The Kier molecular flexibility index (Phi) is 17.6. The molecule has 0 radical (unpaired) electrons. The van der Waals surface area contributed by atoms with Gasteiger partial charge >= 0.3 is 11.9 Å². The van der Waals surface area contributed by atoms with E-state index >= 15 is 0 Å². The molecule has 7 N–H and O–H groups in total. The molecule has 25 heavy (non-hydrogen) atoms. The number of hydrogen-bond donors (Lipinski definition) is 5. The van der Waals surface area contributed by atoms with Gasteiger partial charge in [-0.05, 0) is 32.7 Å². The average Bonchev–Trinajstić information content (AvgIpc) is 2.55. The highest BCUT2D eigenvalue weighted by Crippen LogP contribution is 2.04. The standard InChI is InChI=1S/C11H21NO3.C6H14N2O2/c1-3-4-5-6-7-8-10(13)12-9(2)11(14)15;7-4-2-1-3-5(8)6(9)10/h9H,3-8H2,1-2H3,(H,12,13)(H,14,15);5H,1-4,7-8H2,(H,9,10)/t;5-/m.0/s1. The maximum Gasteiger partial charge on any atom is 0.325 e. The molecule has 0 bridgehead atoms. The van der Waals surface area contributed by atoms with Crippen LogP contribution in [0.25, 0.3) is 0 Å². The number of carboxylic acids is 2. The summed E-state index contributed by atoms with van der Waals surface area (Å²) >= 11 is 0. The van der Waals surface area contributed by atoms with Crippen molar-refractivity contribution in [1.82, 2.24) is 5.32 Å². The van der Waals surface area contributed by atoms with E-state index in [1.54, 1.807) is 0 Å². The van der Waals surface area contributed by atoms with E-state index in [1.807, 2.05) is 0 Å². The summed E-state index contributed by atoms with van der Waals surface area (Å²) in [7, 11) is 0. The summed E-state index contributed by atoms with van der Waals surface area (Å²) < 4.78 is 0. The molecule has 0 fully saturated rings. The number of aliphatic carboxylic acids is 2. The Hall–Kier alpha value is -1.67. The van der Waals surface area contributed by atoms with Crippen LogP contribution >= 0.6 is 0 Å². The molecule has 0 heterocycles. The van der Waals surface area contributed by atoms with Crippen LogP contribution in [0, 0.1) is 0 Å². The fourth-order valence-corrected chi connectivity index (χ4v) is 1.90. The van der Waals surface area contributed by atoms with Crippen LogP contribution in [0.5, 0.6) is 0 Å². The number of carbonyl (C=O) groups excluding carboxylic acids is 1. The number of amides is 1. The highest BCUT2D eigenvalue weighted by atomic mass is 16.4. The molecule has 8 nitrogen and oxygen atoms in total. The molecule has 0 aromatic heterocycles. The predicted molar refractivity (Wildman–Crippen MR) is 97.1 cm³/mol. The molecule has 0 aliphatic heterocycles. The molecule has 1 amide bonds. The third-order valence-electron chi connectivity index (χ3n) is 3.54.